The molecule has 4 rings (SSSR count). The van der Waals surface area contributed by atoms with Gasteiger partial charge in [-0.25, -0.2) is 8.78 Å². The molecule has 0 unspecified atom stereocenters. The zero-order valence-electron chi connectivity index (χ0n) is 16.9. The minimum absolute atomic E-state index is 0.0259. The van der Waals surface area contributed by atoms with Crippen LogP contribution in [-0.4, -0.2) is 17.4 Å². The molecule has 154 valence electrons. The number of hydrogen-bond donors (Lipinski definition) is 0. The molecular weight excluding hydrogens is 448 g/mol. The summed E-state index contributed by atoms with van der Waals surface area (Å²) in [5, 5.41) is 0.623. The van der Waals surface area contributed by atoms with E-state index in [1.165, 1.54) is 18.2 Å². The summed E-state index contributed by atoms with van der Waals surface area (Å²) in [4.78, 5) is 15.2. The van der Waals surface area contributed by atoms with E-state index in [4.69, 9.17) is 0 Å². The van der Waals surface area contributed by atoms with Crippen molar-refractivity contribution in [2.75, 3.05) is 6.54 Å². The summed E-state index contributed by atoms with van der Waals surface area (Å²) in [6.45, 7) is 4.65. The summed E-state index contributed by atoms with van der Waals surface area (Å²) >= 11 is 3.51. The van der Waals surface area contributed by atoms with Crippen LogP contribution >= 0.6 is 15.9 Å². The fraction of sp³-hybridized carbons (Fsp3) is 0.240. The Bertz CT molecular complexity index is 1140. The molecule has 0 bridgehead atoms. The topological polar surface area (TPSA) is 20.3 Å². The maximum atomic E-state index is 13.6. The SMILES string of the molecule is Cc1cc(CN2CCc3c(cc(CBr)cc3-c3ccc(F)cc3C)C2=O)ccc1F. The third kappa shape index (κ3) is 3.91. The van der Waals surface area contributed by atoms with Gasteiger partial charge < -0.3 is 4.90 Å². The van der Waals surface area contributed by atoms with Gasteiger partial charge in [-0.3, -0.25) is 4.79 Å². The smallest absolute Gasteiger partial charge is 0.254 e. The van der Waals surface area contributed by atoms with E-state index < -0.39 is 0 Å². The summed E-state index contributed by atoms with van der Waals surface area (Å²) in [6, 6.07) is 13.8. The van der Waals surface area contributed by atoms with Crippen molar-refractivity contribution in [2.24, 2.45) is 0 Å². The van der Waals surface area contributed by atoms with Crippen LogP contribution in [0.3, 0.4) is 0 Å². The number of rotatable bonds is 4. The Morgan fingerprint density at radius 2 is 1.67 bits per heavy atom. The average molecular weight is 470 g/mol. The van der Waals surface area contributed by atoms with Gasteiger partial charge in [0, 0.05) is 24.0 Å². The molecule has 0 aromatic heterocycles. The van der Waals surface area contributed by atoms with Crippen molar-refractivity contribution < 1.29 is 13.6 Å². The number of alkyl halides is 1. The van der Waals surface area contributed by atoms with E-state index in [0.717, 1.165) is 39.8 Å². The molecule has 0 fully saturated rings. The third-order valence-corrected chi connectivity index (χ3v) is 6.34. The van der Waals surface area contributed by atoms with Crippen molar-refractivity contribution in [1.82, 2.24) is 4.90 Å². The lowest BCUT2D eigenvalue weighted by atomic mass is 9.87. The van der Waals surface area contributed by atoms with Crippen LogP contribution in [0.5, 0.6) is 0 Å². The van der Waals surface area contributed by atoms with Crippen LogP contribution < -0.4 is 0 Å². The Kier molecular flexibility index (Phi) is 5.74. The molecule has 0 spiro atoms. The van der Waals surface area contributed by atoms with Gasteiger partial charge in [0.2, 0.25) is 0 Å². The quantitative estimate of drug-likeness (QED) is 0.408. The van der Waals surface area contributed by atoms with Crippen molar-refractivity contribution in [3.05, 3.63) is 93.5 Å². The standard InChI is InChI=1S/C25H22BrF2NO/c1-15-10-19(27)4-5-20(15)22-11-18(13-26)12-23-21(22)7-8-29(25(23)30)14-17-3-6-24(28)16(2)9-17/h3-6,9-12H,7-8,13-14H2,1-2H3. The molecule has 0 N–H and O–H groups in total. The number of benzene rings is 3. The summed E-state index contributed by atoms with van der Waals surface area (Å²) in [5.41, 5.74) is 6.98. The number of carbonyl (C=O) groups is 1. The van der Waals surface area contributed by atoms with E-state index >= 15 is 0 Å². The molecular formula is C25H22BrF2NO. The molecule has 30 heavy (non-hydrogen) atoms. The largest absolute Gasteiger partial charge is 0.334 e. The summed E-state index contributed by atoms with van der Waals surface area (Å²) in [7, 11) is 0. The molecule has 3 aromatic carbocycles. The molecule has 5 heteroatoms. The normalized spacial score (nSPS) is 13.5. The van der Waals surface area contributed by atoms with E-state index in [2.05, 4.69) is 22.0 Å². The number of halogens is 3. The van der Waals surface area contributed by atoms with Crippen LogP contribution in [-0.2, 0) is 18.3 Å². The van der Waals surface area contributed by atoms with Crippen LogP contribution in [0.1, 0.15) is 38.2 Å². The van der Waals surface area contributed by atoms with Gasteiger partial charge in [0.15, 0.2) is 0 Å². The minimum Gasteiger partial charge on any atom is -0.334 e. The van der Waals surface area contributed by atoms with Crippen LogP contribution in [0.2, 0.25) is 0 Å². The lowest BCUT2D eigenvalue weighted by molar-refractivity contribution is 0.0727. The molecule has 2 nitrogen and oxygen atoms in total. The molecule has 0 atom stereocenters. The lowest BCUT2D eigenvalue weighted by Crippen LogP contribution is -2.37. The number of fused-ring (bicyclic) bond motifs is 1. The molecule has 3 aromatic rings. The highest BCUT2D eigenvalue weighted by Crippen LogP contribution is 2.35. The first-order chi connectivity index (χ1) is 14.4. The van der Waals surface area contributed by atoms with E-state index in [9.17, 15) is 13.6 Å². The molecule has 1 amide bonds. The Balaban J connectivity index is 1.73. The first-order valence-corrected chi connectivity index (χ1v) is 11.0. The Morgan fingerprint density at radius 1 is 0.900 bits per heavy atom. The summed E-state index contributed by atoms with van der Waals surface area (Å²) in [5.74, 6) is -0.531. The summed E-state index contributed by atoms with van der Waals surface area (Å²) < 4.78 is 27.2. The maximum Gasteiger partial charge on any atom is 0.254 e. The molecule has 0 saturated heterocycles. The van der Waals surface area contributed by atoms with E-state index in [0.29, 0.717) is 29.5 Å². The highest BCUT2D eigenvalue weighted by atomic mass is 79.9. The van der Waals surface area contributed by atoms with Crippen molar-refractivity contribution in [3.8, 4) is 11.1 Å². The molecule has 1 aliphatic heterocycles. The van der Waals surface area contributed by atoms with Crippen LogP contribution in [0, 0.1) is 25.5 Å². The second kappa shape index (κ2) is 8.31. The van der Waals surface area contributed by atoms with Crippen molar-refractivity contribution in [2.45, 2.75) is 32.1 Å². The van der Waals surface area contributed by atoms with E-state index in [1.807, 2.05) is 17.9 Å². The minimum atomic E-state index is -0.265. The molecule has 0 radical (unpaired) electrons. The number of aryl methyl sites for hydroxylation is 2. The number of hydrogen-bond acceptors (Lipinski definition) is 1. The Morgan fingerprint density at radius 3 is 2.37 bits per heavy atom. The van der Waals surface area contributed by atoms with Gasteiger partial charge in [-0.1, -0.05) is 34.1 Å². The van der Waals surface area contributed by atoms with Crippen molar-refractivity contribution in [3.63, 3.8) is 0 Å². The fourth-order valence-electron chi connectivity index (χ4n) is 4.13. The predicted octanol–water partition coefficient (Wildman–Crippen LogP) is 6.34. The first-order valence-electron chi connectivity index (χ1n) is 9.90. The fourth-order valence-corrected chi connectivity index (χ4v) is 4.46. The first kappa shape index (κ1) is 20.7. The van der Waals surface area contributed by atoms with Crippen LogP contribution in [0.15, 0.2) is 48.5 Å². The summed E-state index contributed by atoms with van der Waals surface area (Å²) in [6.07, 6.45) is 0.718. The number of nitrogens with zero attached hydrogens (tertiary/aromatic N) is 1. The van der Waals surface area contributed by atoms with E-state index in [-0.39, 0.29) is 17.5 Å². The van der Waals surface area contributed by atoms with Crippen molar-refractivity contribution in [1.29, 1.82) is 0 Å². The average Bonchev–Trinajstić information content (AvgIpc) is 2.72. The molecule has 0 saturated carbocycles. The highest BCUT2D eigenvalue weighted by Gasteiger charge is 2.27. The third-order valence-electron chi connectivity index (χ3n) is 5.69. The monoisotopic (exact) mass is 469 g/mol. The predicted molar refractivity (Wildman–Crippen MR) is 119 cm³/mol. The number of amides is 1. The van der Waals surface area contributed by atoms with Crippen LogP contribution in [0.4, 0.5) is 8.78 Å². The van der Waals surface area contributed by atoms with Gasteiger partial charge in [0.05, 0.1) is 0 Å². The molecule has 0 aliphatic carbocycles. The zero-order valence-corrected chi connectivity index (χ0v) is 18.5. The Labute approximate surface area is 183 Å². The highest BCUT2D eigenvalue weighted by molar-refractivity contribution is 9.08. The van der Waals surface area contributed by atoms with Gasteiger partial charge in [-0.2, -0.15) is 0 Å². The van der Waals surface area contributed by atoms with Crippen LogP contribution in [0.25, 0.3) is 11.1 Å². The lowest BCUT2D eigenvalue weighted by Gasteiger charge is -2.31. The van der Waals surface area contributed by atoms with Gasteiger partial charge in [-0.15, -0.1) is 0 Å². The Hall–Kier alpha value is -2.53. The van der Waals surface area contributed by atoms with Gasteiger partial charge >= 0.3 is 0 Å². The second-order valence-electron chi connectivity index (χ2n) is 7.82. The van der Waals surface area contributed by atoms with Gasteiger partial charge in [-0.05, 0) is 89.5 Å². The molecule has 1 heterocycles. The number of carbonyl (C=O) groups excluding carboxylic acids is 1. The van der Waals surface area contributed by atoms with Gasteiger partial charge in [0.25, 0.3) is 5.91 Å². The zero-order chi connectivity index (χ0) is 21.4. The van der Waals surface area contributed by atoms with Crippen molar-refractivity contribution >= 4 is 21.8 Å². The van der Waals surface area contributed by atoms with Gasteiger partial charge in [0.1, 0.15) is 11.6 Å². The second-order valence-corrected chi connectivity index (χ2v) is 8.38. The maximum absolute atomic E-state index is 13.6. The molecule has 1 aliphatic rings. The van der Waals surface area contributed by atoms with E-state index in [1.54, 1.807) is 25.1 Å².